The molecule has 0 bridgehead atoms. The number of nitrogens with one attached hydrogen (secondary N) is 2. The van der Waals surface area contributed by atoms with Crippen molar-refractivity contribution in [1.82, 2.24) is 5.32 Å². The fourth-order valence-electron chi connectivity index (χ4n) is 2.50. The van der Waals surface area contributed by atoms with Crippen LogP contribution < -0.4 is 10.6 Å². The number of anilines is 1. The Morgan fingerprint density at radius 1 is 1.30 bits per heavy atom. The molecule has 0 aromatic heterocycles. The standard InChI is InChI=1S/C14H18F2N2OS/c1-17-13-11(15)5-8(6-12(13)16)14(19)18-9-3-4-10(7-9)20-2/h5-6,9-10,17H,3-4,7H2,1-2H3,(H,18,19). The van der Waals surface area contributed by atoms with E-state index < -0.39 is 17.5 Å². The molecule has 0 aliphatic heterocycles. The summed E-state index contributed by atoms with van der Waals surface area (Å²) in [4.78, 5) is 12.0. The van der Waals surface area contributed by atoms with Crippen molar-refractivity contribution in [2.45, 2.75) is 30.6 Å². The Labute approximate surface area is 121 Å². The van der Waals surface area contributed by atoms with Crippen LogP contribution in [0.5, 0.6) is 0 Å². The SMILES string of the molecule is CNc1c(F)cc(C(=O)NC2CCC(SC)C2)cc1F. The number of carbonyl (C=O) groups excluding carboxylic acids is 1. The van der Waals surface area contributed by atoms with Crippen molar-refractivity contribution in [1.29, 1.82) is 0 Å². The van der Waals surface area contributed by atoms with Gasteiger partial charge in [0.1, 0.15) is 17.3 Å². The molecule has 6 heteroatoms. The number of hydrogen-bond donors (Lipinski definition) is 2. The summed E-state index contributed by atoms with van der Waals surface area (Å²) in [5, 5.41) is 5.83. The fraction of sp³-hybridized carbons (Fsp3) is 0.500. The first-order valence-corrected chi connectivity index (χ1v) is 7.84. The number of benzene rings is 1. The molecule has 2 atom stereocenters. The lowest BCUT2D eigenvalue weighted by molar-refractivity contribution is 0.0937. The molecule has 20 heavy (non-hydrogen) atoms. The number of hydrogen-bond acceptors (Lipinski definition) is 3. The predicted molar refractivity (Wildman–Crippen MR) is 78.3 cm³/mol. The quantitative estimate of drug-likeness (QED) is 0.898. The summed E-state index contributed by atoms with van der Waals surface area (Å²) in [6, 6.07) is 2.21. The van der Waals surface area contributed by atoms with E-state index in [2.05, 4.69) is 16.9 Å². The molecule has 1 amide bonds. The molecule has 110 valence electrons. The molecule has 1 aliphatic rings. The van der Waals surface area contributed by atoms with Crippen LogP contribution in [0.3, 0.4) is 0 Å². The minimum Gasteiger partial charge on any atom is -0.383 e. The zero-order valence-corrected chi connectivity index (χ0v) is 12.3. The highest BCUT2D eigenvalue weighted by atomic mass is 32.2. The van der Waals surface area contributed by atoms with Crippen molar-refractivity contribution < 1.29 is 13.6 Å². The Kier molecular flexibility index (Phi) is 4.86. The van der Waals surface area contributed by atoms with Gasteiger partial charge in [0.15, 0.2) is 0 Å². The zero-order valence-electron chi connectivity index (χ0n) is 11.5. The zero-order chi connectivity index (χ0) is 14.7. The van der Waals surface area contributed by atoms with E-state index in [-0.39, 0.29) is 17.3 Å². The maximum atomic E-state index is 13.6. The first-order valence-electron chi connectivity index (χ1n) is 6.55. The molecule has 0 saturated heterocycles. The van der Waals surface area contributed by atoms with Crippen LogP contribution >= 0.6 is 11.8 Å². The summed E-state index contributed by atoms with van der Waals surface area (Å²) in [5.41, 5.74) is -0.198. The molecule has 1 aromatic rings. The van der Waals surface area contributed by atoms with E-state index in [9.17, 15) is 13.6 Å². The van der Waals surface area contributed by atoms with Crippen LogP contribution in [-0.4, -0.2) is 30.5 Å². The van der Waals surface area contributed by atoms with Crippen molar-refractivity contribution in [2.24, 2.45) is 0 Å². The van der Waals surface area contributed by atoms with Gasteiger partial charge < -0.3 is 10.6 Å². The van der Waals surface area contributed by atoms with E-state index in [1.54, 1.807) is 11.8 Å². The molecule has 1 aliphatic carbocycles. The smallest absolute Gasteiger partial charge is 0.251 e. The van der Waals surface area contributed by atoms with Crippen molar-refractivity contribution in [3.8, 4) is 0 Å². The van der Waals surface area contributed by atoms with E-state index >= 15 is 0 Å². The molecule has 0 heterocycles. The molecular formula is C14H18F2N2OS. The molecule has 1 fully saturated rings. The lowest BCUT2D eigenvalue weighted by Gasteiger charge is -2.13. The van der Waals surface area contributed by atoms with E-state index in [1.807, 2.05) is 0 Å². The minimum atomic E-state index is -0.758. The Hall–Kier alpha value is -1.30. The van der Waals surface area contributed by atoms with Gasteiger partial charge in [-0.2, -0.15) is 11.8 Å². The van der Waals surface area contributed by atoms with E-state index in [0.29, 0.717) is 5.25 Å². The lowest BCUT2D eigenvalue weighted by atomic mass is 10.1. The molecule has 2 unspecified atom stereocenters. The number of rotatable bonds is 4. The summed E-state index contributed by atoms with van der Waals surface area (Å²) in [6.45, 7) is 0. The molecule has 0 spiro atoms. The number of thioether (sulfide) groups is 1. The monoisotopic (exact) mass is 300 g/mol. The summed E-state index contributed by atoms with van der Waals surface area (Å²) in [6.07, 6.45) is 4.94. The second-order valence-corrected chi connectivity index (χ2v) is 6.04. The van der Waals surface area contributed by atoms with Gasteiger partial charge in [-0.25, -0.2) is 8.78 Å². The maximum Gasteiger partial charge on any atom is 0.251 e. The summed E-state index contributed by atoms with van der Waals surface area (Å²) >= 11 is 1.79. The van der Waals surface area contributed by atoms with Gasteiger partial charge in [0.25, 0.3) is 5.91 Å². The van der Waals surface area contributed by atoms with Crippen LogP contribution in [0.25, 0.3) is 0 Å². The van der Waals surface area contributed by atoms with Crippen LogP contribution in [0.4, 0.5) is 14.5 Å². The van der Waals surface area contributed by atoms with Crippen molar-refractivity contribution >= 4 is 23.4 Å². The minimum absolute atomic E-state index is 0.0200. The molecule has 2 rings (SSSR count). The first-order chi connectivity index (χ1) is 9.55. The van der Waals surface area contributed by atoms with Gasteiger partial charge in [0.2, 0.25) is 0 Å². The molecular weight excluding hydrogens is 282 g/mol. The highest BCUT2D eigenvalue weighted by Gasteiger charge is 2.26. The molecule has 3 nitrogen and oxygen atoms in total. The lowest BCUT2D eigenvalue weighted by Crippen LogP contribution is -2.33. The Balaban J connectivity index is 2.06. The van der Waals surface area contributed by atoms with Crippen LogP contribution in [0.2, 0.25) is 0 Å². The Morgan fingerprint density at radius 3 is 2.45 bits per heavy atom. The predicted octanol–water partition coefficient (Wildman–Crippen LogP) is 3.02. The average molecular weight is 300 g/mol. The first kappa shape index (κ1) is 15.1. The van der Waals surface area contributed by atoms with Crippen LogP contribution in [0.15, 0.2) is 12.1 Å². The van der Waals surface area contributed by atoms with E-state index in [4.69, 9.17) is 0 Å². The van der Waals surface area contributed by atoms with Gasteiger partial charge in [-0.15, -0.1) is 0 Å². The van der Waals surface area contributed by atoms with Crippen molar-refractivity contribution in [3.63, 3.8) is 0 Å². The van der Waals surface area contributed by atoms with Gasteiger partial charge in [0.05, 0.1) is 0 Å². The topological polar surface area (TPSA) is 41.1 Å². The third kappa shape index (κ3) is 3.23. The normalized spacial score (nSPS) is 21.8. The van der Waals surface area contributed by atoms with Crippen LogP contribution in [-0.2, 0) is 0 Å². The number of halogens is 2. The second-order valence-electron chi connectivity index (χ2n) is 4.91. The number of carbonyl (C=O) groups is 1. The highest BCUT2D eigenvalue weighted by molar-refractivity contribution is 7.99. The summed E-state index contributed by atoms with van der Waals surface area (Å²) in [5.74, 6) is -1.94. The van der Waals surface area contributed by atoms with Gasteiger partial charge in [0, 0.05) is 23.9 Å². The molecule has 2 N–H and O–H groups in total. The van der Waals surface area contributed by atoms with Gasteiger partial charge in [-0.3, -0.25) is 4.79 Å². The summed E-state index contributed by atoms with van der Waals surface area (Å²) < 4.78 is 27.2. The Bertz CT molecular complexity index is 487. The molecule has 1 aromatic carbocycles. The molecule has 1 saturated carbocycles. The average Bonchev–Trinajstić information content (AvgIpc) is 2.86. The van der Waals surface area contributed by atoms with E-state index in [0.717, 1.165) is 31.4 Å². The van der Waals surface area contributed by atoms with Gasteiger partial charge >= 0.3 is 0 Å². The van der Waals surface area contributed by atoms with Crippen molar-refractivity contribution in [3.05, 3.63) is 29.3 Å². The van der Waals surface area contributed by atoms with E-state index in [1.165, 1.54) is 7.05 Å². The fourth-order valence-corrected chi connectivity index (χ4v) is 3.29. The molecule has 0 radical (unpaired) electrons. The van der Waals surface area contributed by atoms with Gasteiger partial charge in [-0.1, -0.05) is 0 Å². The highest BCUT2D eigenvalue weighted by Crippen LogP contribution is 2.28. The second kappa shape index (κ2) is 6.43. The van der Waals surface area contributed by atoms with Gasteiger partial charge in [-0.05, 0) is 37.7 Å². The maximum absolute atomic E-state index is 13.6. The van der Waals surface area contributed by atoms with Crippen LogP contribution in [0.1, 0.15) is 29.6 Å². The Morgan fingerprint density at radius 2 is 1.95 bits per heavy atom. The third-order valence-electron chi connectivity index (χ3n) is 3.61. The van der Waals surface area contributed by atoms with Crippen molar-refractivity contribution in [2.75, 3.05) is 18.6 Å². The number of amides is 1. The third-order valence-corrected chi connectivity index (χ3v) is 4.70. The largest absolute Gasteiger partial charge is 0.383 e. The van der Waals surface area contributed by atoms with Crippen LogP contribution in [0, 0.1) is 11.6 Å². The summed E-state index contributed by atoms with van der Waals surface area (Å²) in [7, 11) is 1.43.